The third-order valence-electron chi connectivity index (χ3n) is 7.06. The fraction of sp³-hybridized carbons (Fsp3) is 0.375. The van der Waals surface area contributed by atoms with Crippen LogP contribution in [0.4, 0.5) is 0 Å². The number of sulfonamides is 1. The zero-order valence-corrected chi connectivity index (χ0v) is 24.7. The van der Waals surface area contributed by atoms with Crippen molar-refractivity contribution in [3.63, 3.8) is 0 Å². The highest BCUT2D eigenvalue weighted by Crippen LogP contribution is 2.19. The lowest BCUT2D eigenvalue weighted by atomic mass is 10.0. The summed E-state index contributed by atoms with van der Waals surface area (Å²) in [5.74, 6) is -0.381. The predicted octanol–water partition coefficient (Wildman–Crippen LogP) is 4.95. The van der Waals surface area contributed by atoms with Gasteiger partial charge in [0.1, 0.15) is 6.04 Å². The monoisotopic (exact) mass is 563 g/mol. The lowest BCUT2D eigenvalue weighted by Gasteiger charge is -2.32. The second-order valence-corrected chi connectivity index (χ2v) is 12.3. The van der Waals surface area contributed by atoms with Crippen molar-refractivity contribution >= 4 is 21.8 Å². The predicted molar refractivity (Wildman–Crippen MR) is 159 cm³/mol. The number of carbonyl (C=O) groups is 2. The summed E-state index contributed by atoms with van der Waals surface area (Å²) in [5.41, 5.74) is 3.00. The number of hydrogen-bond acceptors (Lipinski definition) is 4. The van der Waals surface area contributed by atoms with Crippen LogP contribution in [0.5, 0.6) is 0 Å². The smallest absolute Gasteiger partial charge is 0.243 e. The number of nitrogens with zero attached hydrogens (tertiary/aromatic N) is 2. The molecule has 0 saturated carbocycles. The molecule has 3 rings (SSSR count). The van der Waals surface area contributed by atoms with Gasteiger partial charge in [0.25, 0.3) is 0 Å². The minimum Gasteiger partial charge on any atom is -0.352 e. The Bertz CT molecular complexity index is 1330. The minimum atomic E-state index is -3.65. The molecule has 40 heavy (non-hydrogen) atoms. The average Bonchev–Trinajstić information content (AvgIpc) is 2.96. The second-order valence-electron chi connectivity index (χ2n) is 10.3. The van der Waals surface area contributed by atoms with Gasteiger partial charge in [0.2, 0.25) is 21.8 Å². The molecule has 3 aromatic carbocycles. The summed E-state index contributed by atoms with van der Waals surface area (Å²) in [7, 11) is -2.13. The van der Waals surface area contributed by atoms with Crippen LogP contribution in [-0.2, 0) is 32.6 Å². The number of aryl methyl sites for hydroxylation is 1. The molecule has 7 nitrogen and oxygen atoms in total. The molecule has 2 atom stereocenters. The van der Waals surface area contributed by atoms with Crippen molar-refractivity contribution in [3.8, 4) is 0 Å². The van der Waals surface area contributed by atoms with Crippen LogP contribution >= 0.6 is 0 Å². The highest BCUT2D eigenvalue weighted by atomic mass is 32.2. The molecule has 0 aliphatic rings. The maximum atomic E-state index is 13.8. The molecule has 2 amide bonds. The van der Waals surface area contributed by atoms with Gasteiger partial charge in [0, 0.05) is 39.0 Å². The van der Waals surface area contributed by atoms with Gasteiger partial charge in [-0.15, -0.1) is 0 Å². The number of rotatable bonds is 14. The molecule has 3 aromatic rings. The molecule has 0 heterocycles. The van der Waals surface area contributed by atoms with Crippen molar-refractivity contribution < 1.29 is 18.0 Å². The molecule has 0 fully saturated rings. The molecule has 0 bridgehead atoms. The maximum Gasteiger partial charge on any atom is 0.243 e. The van der Waals surface area contributed by atoms with Crippen LogP contribution in [0.15, 0.2) is 89.8 Å². The van der Waals surface area contributed by atoms with Gasteiger partial charge >= 0.3 is 0 Å². The van der Waals surface area contributed by atoms with Crippen LogP contribution in [0.25, 0.3) is 0 Å². The summed E-state index contributed by atoms with van der Waals surface area (Å²) in [6, 6.07) is 25.1. The van der Waals surface area contributed by atoms with Crippen molar-refractivity contribution in [2.45, 2.75) is 70.0 Å². The molecule has 2 unspecified atom stereocenters. The van der Waals surface area contributed by atoms with Gasteiger partial charge in [-0.3, -0.25) is 9.59 Å². The molecular formula is C32H41N3O4S. The second kappa shape index (κ2) is 14.8. The number of carbonyl (C=O) groups excluding carboxylic acids is 2. The van der Waals surface area contributed by atoms with Crippen molar-refractivity contribution in [3.05, 3.63) is 102 Å². The average molecular weight is 564 g/mol. The van der Waals surface area contributed by atoms with Crippen LogP contribution < -0.4 is 5.32 Å². The minimum absolute atomic E-state index is 0.0288. The van der Waals surface area contributed by atoms with Crippen LogP contribution in [0, 0.1) is 6.92 Å². The van der Waals surface area contributed by atoms with Crippen molar-refractivity contribution in [1.29, 1.82) is 0 Å². The summed E-state index contributed by atoms with van der Waals surface area (Å²) in [6.07, 6.45) is 1.60. The van der Waals surface area contributed by atoms with Crippen LogP contribution in [0.1, 0.15) is 49.8 Å². The highest BCUT2D eigenvalue weighted by Gasteiger charge is 2.31. The fourth-order valence-electron chi connectivity index (χ4n) is 4.37. The molecule has 0 spiro atoms. The first kappa shape index (κ1) is 31.0. The molecule has 1 N–H and O–H groups in total. The molecule has 0 saturated heterocycles. The first-order chi connectivity index (χ1) is 19.1. The first-order valence-corrected chi connectivity index (χ1v) is 15.3. The van der Waals surface area contributed by atoms with E-state index in [1.165, 1.54) is 11.4 Å². The van der Waals surface area contributed by atoms with Gasteiger partial charge in [-0.25, -0.2) is 12.7 Å². The van der Waals surface area contributed by atoms with E-state index in [2.05, 4.69) is 5.32 Å². The molecule has 0 aromatic heterocycles. The molecule has 214 valence electrons. The van der Waals surface area contributed by atoms with E-state index in [0.717, 1.165) is 23.1 Å². The lowest BCUT2D eigenvalue weighted by Crippen LogP contribution is -2.52. The standard InChI is InChI=1S/C32H41N3O4S/c1-5-26(3)33-32(37)30(23-27-13-8-6-9-14-27)35(24-28-20-18-25(2)19-21-28)31(36)17-12-22-34(4)40(38,39)29-15-10-7-11-16-29/h6-11,13-16,18-21,26,30H,5,12,17,22-24H2,1-4H3,(H,33,37). The van der Waals surface area contributed by atoms with Crippen LogP contribution in [-0.4, -0.2) is 55.1 Å². The Morgan fingerprint density at radius 1 is 0.875 bits per heavy atom. The van der Waals surface area contributed by atoms with E-state index in [1.54, 1.807) is 35.2 Å². The third kappa shape index (κ3) is 8.76. The SMILES string of the molecule is CCC(C)NC(=O)C(Cc1ccccc1)N(Cc1ccc(C)cc1)C(=O)CCCN(C)S(=O)(=O)c1ccccc1. The van der Waals surface area contributed by atoms with E-state index in [1.807, 2.05) is 75.4 Å². The van der Waals surface area contributed by atoms with Crippen LogP contribution in [0.2, 0.25) is 0 Å². The summed E-state index contributed by atoms with van der Waals surface area (Å²) in [6.45, 7) is 6.43. The van der Waals surface area contributed by atoms with E-state index >= 15 is 0 Å². The summed E-state index contributed by atoms with van der Waals surface area (Å²) < 4.78 is 27.1. The Morgan fingerprint density at radius 2 is 1.48 bits per heavy atom. The van der Waals surface area contributed by atoms with Gasteiger partial charge in [0.15, 0.2) is 0 Å². The normalized spacial score (nSPS) is 13.0. The Labute approximate surface area is 239 Å². The van der Waals surface area contributed by atoms with E-state index in [4.69, 9.17) is 0 Å². The maximum absolute atomic E-state index is 13.8. The number of hydrogen-bond donors (Lipinski definition) is 1. The van der Waals surface area contributed by atoms with Gasteiger partial charge < -0.3 is 10.2 Å². The van der Waals surface area contributed by atoms with E-state index in [0.29, 0.717) is 12.8 Å². The van der Waals surface area contributed by atoms with Gasteiger partial charge in [-0.1, -0.05) is 85.3 Å². The van der Waals surface area contributed by atoms with Crippen molar-refractivity contribution in [1.82, 2.24) is 14.5 Å². The zero-order chi connectivity index (χ0) is 29.1. The molecule has 0 aliphatic carbocycles. The summed E-state index contributed by atoms with van der Waals surface area (Å²) in [5, 5.41) is 3.07. The largest absolute Gasteiger partial charge is 0.352 e. The van der Waals surface area contributed by atoms with E-state index in [9.17, 15) is 18.0 Å². The number of amides is 2. The van der Waals surface area contributed by atoms with Crippen LogP contribution in [0.3, 0.4) is 0 Å². The summed E-state index contributed by atoms with van der Waals surface area (Å²) in [4.78, 5) is 29.2. The number of nitrogens with one attached hydrogen (secondary N) is 1. The van der Waals surface area contributed by atoms with Gasteiger partial charge in [0.05, 0.1) is 4.90 Å². The zero-order valence-electron chi connectivity index (χ0n) is 23.9. The Morgan fingerprint density at radius 3 is 2.08 bits per heavy atom. The Hall–Kier alpha value is -3.49. The first-order valence-electron chi connectivity index (χ1n) is 13.8. The lowest BCUT2D eigenvalue weighted by molar-refractivity contribution is -0.141. The van der Waals surface area contributed by atoms with Gasteiger partial charge in [-0.05, 0) is 49.9 Å². The summed E-state index contributed by atoms with van der Waals surface area (Å²) >= 11 is 0. The van der Waals surface area contributed by atoms with E-state index < -0.39 is 16.1 Å². The Balaban J connectivity index is 1.83. The molecule has 0 aliphatic heterocycles. The number of benzene rings is 3. The molecular weight excluding hydrogens is 522 g/mol. The topological polar surface area (TPSA) is 86.8 Å². The quantitative estimate of drug-likeness (QED) is 0.301. The fourth-order valence-corrected chi connectivity index (χ4v) is 5.60. The highest BCUT2D eigenvalue weighted by molar-refractivity contribution is 7.89. The Kier molecular flexibility index (Phi) is 11.5. The molecule has 0 radical (unpaired) electrons. The van der Waals surface area contributed by atoms with Crippen molar-refractivity contribution in [2.75, 3.05) is 13.6 Å². The van der Waals surface area contributed by atoms with Gasteiger partial charge in [-0.2, -0.15) is 0 Å². The molecule has 8 heteroatoms. The van der Waals surface area contributed by atoms with E-state index in [-0.39, 0.29) is 42.3 Å². The third-order valence-corrected chi connectivity index (χ3v) is 8.93. The van der Waals surface area contributed by atoms with Crippen molar-refractivity contribution in [2.24, 2.45) is 0 Å².